The second kappa shape index (κ2) is 14.8. The first-order valence-corrected chi connectivity index (χ1v) is 15.3. The summed E-state index contributed by atoms with van der Waals surface area (Å²) in [5, 5.41) is 8.68. The molecule has 1 atom stereocenters. The number of benzene rings is 5. The van der Waals surface area contributed by atoms with Crippen molar-refractivity contribution in [2.24, 2.45) is 0 Å². The van der Waals surface area contributed by atoms with Gasteiger partial charge in [-0.05, 0) is 71.5 Å². The molecule has 0 saturated heterocycles. The van der Waals surface area contributed by atoms with Crippen LogP contribution in [0.2, 0.25) is 0 Å². The summed E-state index contributed by atoms with van der Waals surface area (Å²) in [5.74, 6) is -1.06. The minimum absolute atomic E-state index is 0.138. The summed E-state index contributed by atoms with van der Waals surface area (Å²) < 4.78 is 39.2. The Bertz CT molecular complexity index is 1920. The average molecular weight is 650 g/mol. The van der Waals surface area contributed by atoms with Gasteiger partial charge < -0.3 is 16.0 Å². The Labute approximate surface area is 277 Å². The summed E-state index contributed by atoms with van der Waals surface area (Å²) >= 11 is 0. The fraction of sp³-hybridized carbons (Fsp3) is 0.154. The summed E-state index contributed by atoms with van der Waals surface area (Å²) in [7, 11) is 0. The van der Waals surface area contributed by atoms with E-state index in [0.717, 1.165) is 34.4 Å². The number of aryl methyl sites for hydroxylation is 2. The molecular weight excluding hydrogens is 615 g/mol. The Balaban J connectivity index is 1.25. The molecular formula is C39H34F3N3O3. The van der Waals surface area contributed by atoms with E-state index >= 15 is 0 Å². The average Bonchev–Trinajstić information content (AvgIpc) is 3.07. The summed E-state index contributed by atoms with van der Waals surface area (Å²) in [6, 6.07) is 32.5. The zero-order chi connectivity index (χ0) is 34.3. The molecule has 5 aromatic rings. The van der Waals surface area contributed by atoms with Crippen molar-refractivity contribution in [2.75, 3.05) is 5.32 Å². The topological polar surface area (TPSA) is 87.3 Å². The van der Waals surface area contributed by atoms with Crippen LogP contribution >= 0.6 is 0 Å². The molecule has 0 unspecified atom stereocenters. The largest absolute Gasteiger partial charge is 0.416 e. The molecule has 3 N–H and O–H groups in total. The van der Waals surface area contributed by atoms with E-state index in [1.807, 2.05) is 50.2 Å². The fourth-order valence-corrected chi connectivity index (χ4v) is 5.39. The number of alkyl halides is 3. The van der Waals surface area contributed by atoms with Crippen LogP contribution in [-0.4, -0.2) is 17.7 Å². The normalized spacial score (nSPS) is 11.8. The van der Waals surface area contributed by atoms with Crippen LogP contribution in [0.4, 0.5) is 18.9 Å². The van der Waals surface area contributed by atoms with Crippen molar-refractivity contribution in [1.29, 1.82) is 0 Å². The number of halogens is 3. The molecule has 0 fully saturated rings. The molecule has 0 aliphatic rings. The maximum Gasteiger partial charge on any atom is 0.416 e. The van der Waals surface area contributed by atoms with Gasteiger partial charge in [-0.15, -0.1) is 0 Å². The third-order valence-electron chi connectivity index (χ3n) is 7.85. The number of amides is 3. The van der Waals surface area contributed by atoms with Crippen molar-refractivity contribution in [2.45, 2.75) is 39.0 Å². The Hall–Kier alpha value is -5.70. The van der Waals surface area contributed by atoms with Gasteiger partial charge in [0, 0.05) is 17.8 Å². The summed E-state index contributed by atoms with van der Waals surface area (Å²) in [4.78, 5) is 39.7. The molecule has 9 heteroatoms. The van der Waals surface area contributed by atoms with Crippen LogP contribution < -0.4 is 16.0 Å². The molecule has 0 heterocycles. The molecule has 0 aliphatic heterocycles. The summed E-state index contributed by atoms with van der Waals surface area (Å²) in [6.45, 7) is 3.96. The molecule has 0 spiro atoms. The second-order valence-electron chi connectivity index (χ2n) is 11.5. The number of carbonyl (C=O) groups excluding carboxylic acids is 3. The quantitative estimate of drug-likeness (QED) is 0.144. The highest BCUT2D eigenvalue weighted by atomic mass is 19.4. The summed E-state index contributed by atoms with van der Waals surface area (Å²) in [5.41, 5.74) is 5.14. The van der Waals surface area contributed by atoms with E-state index in [4.69, 9.17) is 0 Å². The van der Waals surface area contributed by atoms with Gasteiger partial charge >= 0.3 is 6.18 Å². The second-order valence-corrected chi connectivity index (χ2v) is 11.5. The van der Waals surface area contributed by atoms with Gasteiger partial charge in [0.05, 0.1) is 12.0 Å². The van der Waals surface area contributed by atoms with E-state index in [9.17, 15) is 27.6 Å². The molecule has 5 rings (SSSR count). The van der Waals surface area contributed by atoms with Crippen molar-refractivity contribution < 1.29 is 27.6 Å². The fourth-order valence-electron chi connectivity index (χ4n) is 5.39. The molecule has 0 radical (unpaired) electrons. The van der Waals surface area contributed by atoms with Crippen molar-refractivity contribution in [1.82, 2.24) is 10.6 Å². The minimum Gasteiger partial charge on any atom is -0.350 e. The lowest BCUT2D eigenvalue weighted by Crippen LogP contribution is -2.40. The third-order valence-corrected chi connectivity index (χ3v) is 7.85. The highest BCUT2D eigenvalue weighted by Gasteiger charge is 2.30. The molecule has 48 heavy (non-hydrogen) atoms. The van der Waals surface area contributed by atoms with E-state index in [0.29, 0.717) is 27.9 Å². The van der Waals surface area contributed by atoms with Gasteiger partial charge in [0.15, 0.2) is 0 Å². The van der Waals surface area contributed by atoms with Crippen molar-refractivity contribution >= 4 is 23.4 Å². The van der Waals surface area contributed by atoms with Crippen LogP contribution in [0.15, 0.2) is 121 Å². The number of hydrogen-bond donors (Lipinski definition) is 3. The van der Waals surface area contributed by atoms with Crippen LogP contribution in [0, 0.1) is 13.8 Å². The lowest BCUT2D eigenvalue weighted by molar-refractivity contribution is -0.137. The zero-order valence-corrected chi connectivity index (χ0v) is 26.4. The molecule has 0 bridgehead atoms. The van der Waals surface area contributed by atoms with Gasteiger partial charge in [-0.25, -0.2) is 0 Å². The van der Waals surface area contributed by atoms with Gasteiger partial charge in [-0.2, -0.15) is 13.2 Å². The van der Waals surface area contributed by atoms with E-state index in [1.165, 1.54) is 12.1 Å². The SMILES string of the molecule is Cc1cccc(CC(=O)N[C@H](C(=O)NCc2ccc(NC(=O)c3ccccc3-c3ccc(C(F)(F)F)cc3)c(C)c2)c2ccccc2)c1. The van der Waals surface area contributed by atoms with Gasteiger partial charge in [-0.3, -0.25) is 14.4 Å². The zero-order valence-electron chi connectivity index (χ0n) is 26.4. The molecule has 0 saturated carbocycles. The van der Waals surface area contributed by atoms with Crippen LogP contribution in [-0.2, 0) is 28.7 Å². The third kappa shape index (κ3) is 8.55. The first-order valence-electron chi connectivity index (χ1n) is 15.3. The maximum absolute atomic E-state index is 13.4. The van der Waals surface area contributed by atoms with Gasteiger partial charge in [0.25, 0.3) is 5.91 Å². The van der Waals surface area contributed by atoms with Gasteiger partial charge in [0.2, 0.25) is 11.8 Å². The van der Waals surface area contributed by atoms with E-state index in [-0.39, 0.29) is 24.8 Å². The number of anilines is 1. The lowest BCUT2D eigenvalue weighted by atomic mass is 9.98. The Morgan fingerprint density at radius 3 is 2.12 bits per heavy atom. The monoisotopic (exact) mass is 649 g/mol. The van der Waals surface area contributed by atoms with Crippen molar-refractivity contribution in [3.8, 4) is 11.1 Å². The number of carbonyl (C=O) groups is 3. The molecule has 3 amide bonds. The Kier molecular flexibility index (Phi) is 10.4. The van der Waals surface area contributed by atoms with Crippen LogP contribution in [0.3, 0.4) is 0 Å². The smallest absolute Gasteiger partial charge is 0.350 e. The van der Waals surface area contributed by atoms with E-state index in [1.54, 1.807) is 60.7 Å². The molecule has 6 nitrogen and oxygen atoms in total. The number of nitrogens with one attached hydrogen (secondary N) is 3. The maximum atomic E-state index is 13.4. The Morgan fingerprint density at radius 1 is 0.729 bits per heavy atom. The highest BCUT2D eigenvalue weighted by Crippen LogP contribution is 2.32. The molecule has 244 valence electrons. The van der Waals surface area contributed by atoms with Crippen LogP contribution in [0.1, 0.15) is 49.8 Å². The van der Waals surface area contributed by atoms with Crippen molar-refractivity contribution in [3.05, 3.63) is 160 Å². The minimum atomic E-state index is -4.46. The predicted molar refractivity (Wildman–Crippen MR) is 180 cm³/mol. The van der Waals surface area contributed by atoms with E-state index in [2.05, 4.69) is 16.0 Å². The highest BCUT2D eigenvalue weighted by molar-refractivity contribution is 6.09. The number of rotatable bonds is 10. The molecule has 0 aromatic heterocycles. The molecule has 5 aromatic carbocycles. The first kappa shape index (κ1) is 33.7. The lowest BCUT2D eigenvalue weighted by Gasteiger charge is -2.19. The standard InChI is InChI=1S/C39H34F3N3O3/c1-25-9-8-10-27(21-25)23-35(46)45-36(30-11-4-3-5-12-30)38(48)43-24-28-15-20-34(26(2)22-28)44-37(47)33-14-7-6-13-32(33)29-16-18-31(19-17-29)39(40,41)42/h3-22,36H,23-24H2,1-2H3,(H,43,48)(H,44,47)(H,45,46)/t36-/m0/s1. The van der Waals surface area contributed by atoms with Gasteiger partial charge in [0.1, 0.15) is 6.04 Å². The predicted octanol–water partition coefficient (Wildman–Crippen LogP) is 7.96. The van der Waals surface area contributed by atoms with Crippen LogP contribution in [0.5, 0.6) is 0 Å². The number of hydrogen-bond acceptors (Lipinski definition) is 3. The van der Waals surface area contributed by atoms with Crippen LogP contribution in [0.25, 0.3) is 11.1 Å². The van der Waals surface area contributed by atoms with E-state index < -0.39 is 23.7 Å². The summed E-state index contributed by atoms with van der Waals surface area (Å²) in [6.07, 6.45) is -4.32. The van der Waals surface area contributed by atoms with Gasteiger partial charge in [-0.1, -0.05) is 103 Å². The first-order chi connectivity index (χ1) is 23.0. The Morgan fingerprint density at radius 2 is 1.44 bits per heavy atom. The molecule has 0 aliphatic carbocycles. The van der Waals surface area contributed by atoms with Crippen molar-refractivity contribution in [3.63, 3.8) is 0 Å².